The minimum absolute atomic E-state index is 0.0742. The predicted molar refractivity (Wildman–Crippen MR) is 228 cm³/mol. The van der Waals surface area contributed by atoms with Crippen LogP contribution < -0.4 is 0 Å². The first-order valence-electron chi connectivity index (χ1n) is 19.3. The molecule has 8 aromatic carbocycles. The maximum atomic E-state index is 6.80. The Balaban J connectivity index is 1.11. The summed E-state index contributed by atoms with van der Waals surface area (Å²) in [6.45, 7) is 0. The van der Waals surface area contributed by atoms with Crippen molar-refractivity contribution in [2.75, 3.05) is 0 Å². The van der Waals surface area contributed by atoms with Crippen LogP contribution in [-0.4, -0.2) is 15.0 Å². The molecule has 0 fully saturated rings. The van der Waals surface area contributed by atoms with Gasteiger partial charge in [-0.25, -0.2) is 15.0 Å². The van der Waals surface area contributed by atoms with Crippen LogP contribution in [0.5, 0.6) is 0 Å². The molecule has 56 heavy (non-hydrogen) atoms. The highest BCUT2D eigenvalue weighted by Crippen LogP contribution is 2.46. The van der Waals surface area contributed by atoms with Crippen molar-refractivity contribution < 1.29 is 4.42 Å². The van der Waals surface area contributed by atoms with E-state index in [4.69, 9.17) is 19.4 Å². The molecule has 264 valence electrons. The summed E-state index contributed by atoms with van der Waals surface area (Å²) in [5.41, 5.74) is 13.3. The first-order chi connectivity index (χ1) is 27.7. The summed E-state index contributed by atoms with van der Waals surface area (Å²) in [4.78, 5) is 15.5. The van der Waals surface area contributed by atoms with Gasteiger partial charge in [-0.3, -0.25) is 0 Å². The first kappa shape index (κ1) is 32.3. The Morgan fingerprint density at radius 1 is 0.411 bits per heavy atom. The molecule has 0 saturated heterocycles. The number of nitrogens with zero attached hydrogens (tertiary/aromatic N) is 3. The second kappa shape index (κ2) is 13.3. The fourth-order valence-electron chi connectivity index (χ4n) is 8.60. The van der Waals surface area contributed by atoms with Crippen LogP contribution in [0.3, 0.4) is 0 Å². The van der Waals surface area contributed by atoms with E-state index in [-0.39, 0.29) is 5.92 Å². The third-order valence-electron chi connectivity index (χ3n) is 11.4. The fourth-order valence-corrected chi connectivity index (χ4v) is 8.60. The number of hydrogen-bond acceptors (Lipinski definition) is 4. The van der Waals surface area contributed by atoms with Crippen LogP contribution in [0.4, 0.5) is 0 Å². The number of aryl methyl sites for hydroxylation is 1. The van der Waals surface area contributed by atoms with Crippen molar-refractivity contribution in [3.63, 3.8) is 0 Å². The zero-order chi connectivity index (χ0) is 37.0. The van der Waals surface area contributed by atoms with Gasteiger partial charge in [-0.15, -0.1) is 0 Å². The standard InChI is InChI=1S/C52H35N3O/c1-3-13-33(14-4-1)34-23-25-36(26-24-34)51-53-50(35-15-5-2-6-16-35)54-52(55-51)40-31-46(49-47(32-40)44-21-11-12-22-48(44)56-49)43-28-27-39-29-37-17-7-8-18-38(37)30-45(39)42-20-10-9-19-41(42)43/h1-26,29-32,43H,27-28H2. The molecule has 1 aliphatic rings. The number of benzene rings is 8. The Kier molecular flexibility index (Phi) is 7.66. The summed E-state index contributed by atoms with van der Waals surface area (Å²) in [6.07, 6.45) is 1.88. The molecular formula is C52H35N3O. The molecule has 0 spiro atoms. The van der Waals surface area contributed by atoms with E-state index in [2.05, 4.69) is 152 Å². The highest BCUT2D eigenvalue weighted by Gasteiger charge is 2.28. The van der Waals surface area contributed by atoms with Gasteiger partial charge in [0.25, 0.3) is 0 Å². The molecule has 1 unspecified atom stereocenters. The average molecular weight is 718 g/mol. The van der Waals surface area contributed by atoms with Gasteiger partial charge in [-0.05, 0) is 81.3 Å². The number of para-hydroxylation sites is 1. The monoisotopic (exact) mass is 717 g/mol. The van der Waals surface area contributed by atoms with Gasteiger partial charge in [0.2, 0.25) is 0 Å². The lowest BCUT2D eigenvalue weighted by atomic mass is 9.84. The third-order valence-corrected chi connectivity index (χ3v) is 11.4. The van der Waals surface area contributed by atoms with E-state index in [0.717, 1.165) is 62.6 Å². The Morgan fingerprint density at radius 2 is 0.982 bits per heavy atom. The maximum absolute atomic E-state index is 6.80. The van der Waals surface area contributed by atoms with Gasteiger partial charge < -0.3 is 4.42 Å². The molecule has 1 atom stereocenters. The van der Waals surface area contributed by atoms with Crippen molar-refractivity contribution in [1.29, 1.82) is 0 Å². The zero-order valence-corrected chi connectivity index (χ0v) is 30.6. The number of rotatable bonds is 5. The highest BCUT2D eigenvalue weighted by atomic mass is 16.3. The third kappa shape index (κ3) is 5.57. The lowest BCUT2D eigenvalue weighted by Crippen LogP contribution is -2.05. The normalized spacial score (nSPS) is 13.8. The van der Waals surface area contributed by atoms with Gasteiger partial charge >= 0.3 is 0 Å². The molecule has 1 aliphatic carbocycles. The summed E-state index contributed by atoms with van der Waals surface area (Å²) in [6, 6.07) is 64.3. The Hall–Kier alpha value is -7.17. The molecule has 10 aromatic rings. The van der Waals surface area contributed by atoms with E-state index in [1.54, 1.807) is 0 Å². The van der Waals surface area contributed by atoms with Crippen LogP contribution in [0.2, 0.25) is 0 Å². The van der Waals surface area contributed by atoms with Crippen molar-refractivity contribution in [1.82, 2.24) is 15.0 Å². The van der Waals surface area contributed by atoms with Crippen LogP contribution in [0.15, 0.2) is 186 Å². The number of aromatic nitrogens is 3. The molecule has 0 bridgehead atoms. The second-order valence-corrected chi connectivity index (χ2v) is 14.7. The van der Waals surface area contributed by atoms with Crippen molar-refractivity contribution in [2.45, 2.75) is 18.8 Å². The molecule has 0 N–H and O–H groups in total. The average Bonchev–Trinajstić information content (AvgIpc) is 3.57. The van der Waals surface area contributed by atoms with E-state index in [9.17, 15) is 0 Å². The molecule has 0 saturated carbocycles. The largest absolute Gasteiger partial charge is 0.456 e. The molecule has 0 amide bonds. The van der Waals surface area contributed by atoms with Gasteiger partial charge in [-0.2, -0.15) is 0 Å². The summed E-state index contributed by atoms with van der Waals surface area (Å²) < 4.78 is 6.80. The quantitative estimate of drug-likeness (QED) is 0.178. The van der Waals surface area contributed by atoms with E-state index in [1.165, 1.54) is 38.6 Å². The molecule has 11 rings (SSSR count). The summed E-state index contributed by atoms with van der Waals surface area (Å²) in [5, 5.41) is 4.68. The predicted octanol–water partition coefficient (Wildman–Crippen LogP) is 13.3. The molecular weight excluding hydrogens is 683 g/mol. The van der Waals surface area contributed by atoms with Crippen molar-refractivity contribution in [2.24, 2.45) is 0 Å². The van der Waals surface area contributed by atoms with Crippen molar-refractivity contribution >= 4 is 32.7 Å². The molecule has 2 aromatic heterocycles. The SMILES string of the molecule is c1ccc(-c2ccc(-c3nc(-c4ccccc4)nc(-c4cc(C5CCc6cc7ccccc7cc6-c6ccccc65)c5oc6ccccc6c5c4)n3)cc2)cc1. The number of furan rings is 1. The lowest BCUT2D eigenvalue weighted by molar-refractivity contribution is 0.647. The van der Waals surface area contributed by atoms with Crippen LogP contribution in [0.25, 0.3) is 89.1 Å². The van der Waals surface area contributed by atoms with Crippen LogP contribution in [0.1, 0.15) is 29.0 Å². The lowest BCUT2D eigenvalue weighted by Gasteiger charge is -2.20. The maximum Gasteiger partial charge on any atom is 0.164 e. The van der Waals surface area contributed by atoms with Gasteiger partial charge in [0, 0.05) is 38.9 Å². The van der Waals surface area contributed by atoms with Crippen LogP contribution in [0, 0.1) is 0 Å². The van der Waals surface area contributed by atoms with Gasteiger partial charge in [0.05, 0.1) is 0 Å². The molecule has 4 heteroatoms. The zero-order valence-electron chi connectivity index (χ0n) is 30.6. The molecule has 0 radical (unpaired) electrons. The number of hydrogen-bond donors (Lipinski definition) is 0. The van der Waals surface area contributed by atoms with Crippen molar-refractivity contribution in [3.05, 3.63) is 199 Å². The van der Waals surface area contributed by atoms with Crippen LogP contribution >= 0.6 is 0 Å². The van der Waals surface area contributed by atoms with Gasteiger partial charge in [0.15, 0.2) is 17.5 Å². The van der Waals surface area contributed by atoms with E-state index in [0.29, 0.717) is 17.5 Å². The van der Waals surface area contributed by atoms with Gasteiger partial charge in [-0.1, -0.05) is 158 Å². The first-order valence-corrected chi connectivity index (χ1v) is 19.3. The molecule has 0 aliphatic heterocycles. The molecule has 4 nitrogen and oxygen atoms in total. The Labute approximate surface area is 324 Å². The van der Waals surface area contributed by atoms with E-state index in [1.807, 2.05) is 30.3 Å². The minimum atomic E-state index is 0.0742. The summed E-state index contributed by atoms with van der Waals surface area (Å²) in [7, 11) is 0. The fraction of sp³-hybridized carbons (Fsp3) is 0.0577. The van der Waals surface area contributed by atoms with Crippen LogP contribution in [-0.2, 0) is 6.42 Å². The number of fused-ring (bicyclic) bond motifs is 7. The summed E-state index contributed by atoms with van der Waals surface area (Å²) >= 11 is 0. The minimum Gasteiger partial charge on any atom is -0.456 e. The van der Waals surface area contributed by atoms with E-state index < -0.39 is 0 Å². The topological polar surface area (TPSA) is 51.8 Å². The second-order valence-electron chi connectivity index (χ2n) is 14.7. The summed E-state index contributed by atoms with van der Waals surface area (Å²) in [5.74, 6) is 1.98. The smallest absolute Gasteiger partial charge is 0.164 e. The van der Waals surface area contributed by atoms with E-state index >= 15 is 0 Å². The van der Waals surface area contributed by atoms with Crippen molar-refractivity contribution in [3.8, 4) is 56.4 Å². The molecule has 2 heterocycles. The Morgan fingerprint density at radius 3 is 1.75 bits per heavy atom. The highest BCUT2D eigenvalue weighted by molar-refractivity contribution is 6.07. The Bertz CT molecular complexity index is 3080. The van der Waals surface area contributed by atoms with Gasteiger partial charge in [0.1, 0.15) is 11.2 Å².